The molecular formula is C9H18N2O4S. The number of methoxy groups -OCH3 is 1. The lowest BCUT2D eigenvalue weighted by Crippen LogP contribution is -2.44. The van der Waals surface area contributed by atoms with Crippen molar-refractivity contribution in [3.05, 3.63) is 0 Å². The summed E-state index contributed by atoms with van der Waals surface area (Å²) in [7, 11) is 1.50. The normalized spacial score (nSPS) is 9.88. The molecule has 0 aromatic carbocycles. The number of hydrogen-bond acceptors (Lipinski definition) is 4. The molecule has 0 fully saturated rings. The monoisotopic (exact) mass is 250 g/mol. The van der Waals surface area contributed by atoms with Crippen LogP contribution in [0.2, 0.25) is 0 Å². The quantitative estimate of drug-likeness (QED) is 0.597. The molecule has 0 bridgehead atoms. The van der Waals surface area contributed by atoms with E-state index in [4.69, 9.17) is 9.84 Å². The molecule has 0 atom stereocenters. The summed E-state index contributed by atoms with van der Waals surface area (Å²) in [5.41, 5.74) is 0. The van der Waals surface area contributed by atoms with E-state index in [-0.39, 0.29) is 19.1 Å². The highest BCUT2D eigenvalue weighted by Crippen LogP contribution is 1.92. The fourth-order valence-corrected chi connectivity index (χ4v) is 1.30. The Bertz CT molecular complexity index is 226. The largest absolute Gasteiger partial charge is 0.480 e. The third-order valence-corrected chi connectivity index (χ3v) is 2.37. The fourth-order valence-electron chi connectivity index (χ4n) is 0.989. The lowest BCUT2D eigenvalue weighted by Gasteiger charge is -2.20. The standard InChI is InChI=1S/C9H18N2O4S/c1-15-5-4-11(7-8(12)13)9(14)10-3-6-16-2/h3-7H2,1-2H3,(H,10,14)(H,12,13). The van der Waals surface area contributed by atoms with E-state index >= 15 is 0 Å². The molecule has 0 radical (unpaired) electrons. The third-order valence-electron chi connectivity index (χ3n) is 1.76. The van der Waals surface area contributed by atoms with E-state index in [0.29, 0.717) is 13.2 Å². The molecule has 2 amide bonds. The summed E-state index contributed by atoms with van der Waals surface area (Å²) in [4.78, 5) is 23.3. The van der Waals surface area contributed by atoms with Crippen molar-refractivity contribution in [2.45, 2.75) is 0 Å². The number of ether oxygens (including phenoxy) is 1. The number of thioether (sulfide) groups is 1. The Morgan fingerprint density at radius 3 is 2.69 bits per heavy atom. The van der Waals surface area contributed by atoms with Crippen molar-refractivity contribution in [2.75, 3.05) is 45.4 Å². The van der Waals surface area contributed by atoms with Crippen molar-refractivity contribution in [1.82, 2.24) is 10.2 Å². The summed E-state index contributed by atoms with van der Waals surface area (Å²) in [5, 5.41) is 11.3. The second-order valence-electron chi connectivity index (χ2n) is 3.03. The molecule has 16 heavy (non-hydrogen) atoms. The molecule has 7 heteroatoms. The smallest absolute Gasteiger partial charge is 0.323 e. The zero-order valence-corrected chi connectivity index (χ0v) is 10.4. The third kappa shape index (κ3) is 7.36. The molecular weight excluding hydrogens is 232 g/mol. The highest BCUT2D eigenvalue weighted by molar-refractivity contribution is 7.98. The summed E-state index contributed by atoms with van der Waals surface area (Å²) in [6, 6.07) is -0.367. The van der Waals surface area contributed by atoms with Crippen molar-refractivity contribution in [3.63, 3.8) is 0 Å². The van der Waals surface area contributed by atoms with Gasteiger partial charge in [0.25, 0.3) is 0 Å². The first kappa shape index (κ1) is 15.0. The predicted octanol–water partition coefficient (Wildman–Crippen LogP) is 0.0920. The van der Waals surface area contributed by atoms with Gasteiger partial charge in [0.05, 0.1) is 6.61 Å². The van der Waals surface area contributed by atoms with Crippen LogP contribution in [0, 0.1) is 0 Å². The molecule has 0 unspecified atom stereocenters. The molecule has 0 rings (SSSR count). The van der Waals surface area contributed by atoms with E-state index in [1.165, 1.54) is 12.0 Å². The number of carboxylic acids is 1. The number of urea groups is 1. The van der Waals surface area contributed by atoms with Gasteiger partial charge < -0.3 is 20.1 Å². The number of carbonyl (C=O) groups is 2. The van der Waals surface area contributed by atoms with Crippen molar-refractivity contribution >= 4 is 23.8 Å². The predicted molar refractivity (Wildman–Crippen MR) is 62.9 cm³/mol. The number of carbonyl (C=O) groups excluding carboxylic acids is 1. The van der Waals surface area contributed by atoms with E-state index in [9.17, 15) is 9.59 Å². The molecule has 0 aromatic rings. The number of hydrogen-bond donors (Lipinski definition) is 2. The zero-order chi connectivity index (χ0) is 12.4. The van der Waals surface area contributed by atoms with Crippen LogP contribution in [0.3, 0.4) is 0 Å². The summed E-state index contributed by atoms with van der Waals surface area (Å²) in [6.45, 7) is 0.814. The van der Waals surface area contributed by atoms with E-state index in [0.717, 1.165) is 5.75 Å². The van der Waals surface area contributed by atoms with E-state index < -0.39 is 5.97 Å². The van der Waals surface area contributed by atoms with Crippen LogP contribution in [0.1, 0.15) is 0 Å². The molecule has 0 heterocycles. The molecule has 94 valence electrons. The summed E-state index contributed by atoms with van der Waals surface area (Å²) < 4.78 is 4.81. The SMILES string of the molecule is COCCN(CC(=O)O)C(=O)NCCSC. The zero-order valence-electron chi connectivity index (χ0n) is 9.56. The maximum atomic E-state index is 11.5. The number of rotatable bonds is 8. The molecule has 0 spiro atoms. The number of amides is 2. The van der Waals surface area contributed by atoms with E-state index in [1.807, 2.05) is 6.26 Å². The van der Waals surface area contributed by atoms with Gasteiger partial charge in [0.1, 0.15) is 6.54 Å². The van der Waals surface area contributed by atoms with Crippen molar-refractivity contribution in [1.29, 1.82) is 0 Å². The summed E-state index contributed by atoms with van der Waals surface area (Å²) in [6.07, 6.45) is 1.94. The summed E-state index contributed by atoms with van der Waals surface area (Å²) >= 11 is 1.61. The topological polar surface area (TPSA) is 78.9 Å². The average Bonchev–Trinajstić information content (AvgIpc) is 2.23. The van der Waals surface area contributed by atoms with Crippen LogP contribution >= 0.6 is 11.8 Å². The Morgan fingerprint density at radius 1 is 1.50 bits per heavy atom. The van der Waals surface area contributed by atoms with Crippen molar-refractivity contribution in [3.8, 4) is 0 Å². The second kappa shape index (κ2) is 9.29. The first-order valence-corrected chi connectivity index (χ1v) is 6.23. The minimum Gasteiger partial charge on any atom is -0.480 e. The van der Waals surface area contributed by atoms with Gasteiger partial charge in [-0.3, -0.25) is 4.79 Å². The van der Waals surface area contributed by atoms with Crippen LogP contribution in [0.15, 0.2) is 0 Å². The highest BCUT2D eigenvalue weighted by Gasteiger charge is 2.15. The van der Waals surface area contributed by atoms with Gasteiger partial charge >= 0.3 is 12.0 Å². The highest BCUT2D eigenvalue weighted by atomic mass is 32.2. The van der Waals surface area contributed by atoms with Crippen LogP contribution in [-0.4, -0.2) is 67.4 Å². The van der Waals surface area contributed by atoms with Crippen molar-refractivity contribution < 1.29 is 19.4 Å². The minimum atomic E-state index is -1.03. The van der Waals surface area contributed by atoms with Gasteiger partial charge in [-0.2, -0.15) is 11.8 Å². The molecule has 0 aromatic heterocycles. The number of nitrogens with zero attached hydrogens (tertiary/aromatic N) is 1. The number of aliphatic carboxylic acids is 1. The molecule has 0 saturated carbocycles. The van der Waals surface area contributed by atoms with E-state index in [1.54, 1.807) is 11.8 Å². The Labute approximate surface area is 99.3 Å². The van der Waals surface area contributed by atoms with Gasteiger partial charge in [0, 0.05) is 26.0 Å². The Hall–Kier alpha value is -0.950. The van der Waals surface area contributed by atoms with Crippen LogP contribution in [-0.2, 0) is 9.53 Å². The molecule has 2 N–H and O–H groups in total. The van der Waals surface area contributed by atoms with Crippen molar-refractivity contribution in [2.24, 2.45) is 0 Å². The number of carboxylic acid groups (broad SMARTS) is 1. The van der Waals surface area contributed by atoms with Gasteiger partial charge in [-0.15, -0.1) is 0 Å². The Kier molecular flexibility index (Phi) is 8.74. The molecule has 0 aliphatic heterocycles. The Morgan fingerprint density at radius 2 is 2.19 bits per heavy atom. The fraction of sp³-hybridized carbons (Fsp3) is 0.778. The molecule has 6 nitrogen and oxygen atoms in total. The van der Waals surface area contributed by atoms with Crippen LogP contribution in [0.25, 0.3) is 0 Å². The lowest BCUT2D eigenvalue weighted by atomic mass is 10.5. The molecule has 0 aliphatic rings. The average molecular weight is 250 g/mol. The molecule has 0 aliphatic carbocycles. The minimum absolute atomic E-state index is 0.272. The second-order valence-corrected chi connectivity index (χ2v) is 4.02. The van der Waals surface area contributed by atoms with Gasteiger partial charge in [0.15, 0.2) is 0 Å². The van der Waals surface area contributed by atoms with Gasteiger partial charge in [-0.05, 0) is 6.26 Å². The van der Waals surface area contributed by atoms with Gasteiger partial charge in [-0.1, -0.05) is 0 Å². The lowest BCUT2D eigenvalue weighted by molar-refractivity contribution is -0.137. The van der Waals surface area contributed by atoms with Gasteiger partial charge in [0.2, 0.25) is 0 Å². The van der Waals surface area contributed by atoms with Crippen LogP contribution in [0.4, 0.5) is 4.79 Å². The van der Waals surface area contributed by atoms with E-state index in [2.05, 4.69) is 5.32 Å². The molecule has 0 saturated heterocycles. The van der Waals surface area contributed by atoms with Crippen LogP contribution in [0.5, 0.6) is 0 Å². The van der Waals surface area contributed by atoms with Gasteiger partial charge in [-0.25, -0.2) is 4.79 Å². The Balaban J connectivity index is 4.04. The van der Waals surface area contributed by atoms with Crippen LogP contribution < -0.4 is 5.32 Å². The maximum Gasteiger partial charge on any atom is 0.323 e. The first-order valence-electron chi connectivity index (χ1n) is 4.84. The number of nitrogens with one attached hydrogen (secondary N) is 1. The first-order chi connectivity index (χ1) is 7.61. The maximum absolute atomic E-state index is 11.5. The summed E-state index contributed by atoms with van der Waals surface area (Å²) in [5.74, 6) is -0.229.